The van der Waals surface area contributed by atoms with Crippen molar-refractivity contribution in [3.8, 4) is 5.75 Å². The van der Waals surface area contributed by atoms with Gasteiger partial charge in [-0.25, -0.2) is 13.6 Å². The molecule has 1 unspecified atom stereocenters. The first kappa shape index (κ1) is 29.8. The molecule has 1 aliphatic rings. The number of hydrogen-bond donors (Lipinski definition) is 1. The van der Waals surface area contributed by atoms with E-state index in [2.05, 4.69) is 5.32 Å². The maximum atomic E-state index is 16.1. The number of pyridine rings is 1. The number of methoxy groups -OCH3 is 1. The second-order valence-electron chi connectivity index (χ2n) is 11.1. The van der Waals surface area contributed by atoms with Crippen molar-refractivity contribution in [3.63, 3.8) is 0 Å². The molecule has 2 aromatic carbocycles. The molecule has 1 fully saturated rings. The number of nitrogens with one attached hydrogen (secondary N) is 1. The van der Waals surface area contributed by atoms with Gasteiger partial charge in [-0.15, -0.1) is 0 Å². The molecule has 0 aliphatic carbocycles. The molecule has 1 atom stereocenters. The standard InChI is InChI=1S/C30H36F2N4O5/c1-7-34-17-22(28(38)33-15-19-8-10-20(40-6)11-9-19)27(37)21-14-23(31)26(24(32)25(21)34)35-12-13-36(18(2)16-35)29(39)41-30(3,4)5/h8-11,14,17-18H,7,12-13,15-16H2,1-6H3,(H,33,38). The first-order valence-electron chi connectivity index (χ1n) is 13.6. The third-order valence-corrected chi connectivity index (χ3v) is 7.00. The lowest BCUT2D eigenvalue weighted by atomic mass is 10.1. The molecule has 4 rings (SSSR count). The maximum Gasteiger partial charge on any atom is 0.410 e. The Balaban J connectivity index is 1.62. The summed E-state index contributed by atoms with van der Waals surface area (Å²) >= 11 is 0. The molecule has 9 nitrogen and oxygen atoms in total. The van der Waals surface area contributed by atoms with Gasteiger partial charge >= 0.3 is 6.09 Å². The van der Waals surface area contributed by atoms with Crippen LogP contribution in [-0.2, 0) is 17.8 Å². The van der Waals surface area contributed by atoms with E-state index in [4.69, 9.17) is 9.47 Å². The summed E-state index contributed by atoms with van der Waals surface area (Å²) in [6.07, 6.45) is 0.823. The fourth-order valence-electron chi connectivity index (χ4n) is 4.95. The number of ether oxygens (including phenoxy) is 2. The molecule has 41 heavy (non-hydrogen) atoms. The average molecular weight is 571 g/mol. The van der Waals surface area contributed by atoms with E-state index in [1.165, 1.54) is 20.6 Å². The minimum atomic E-state index is -0.913. The van der Waals surface area contributed by atoms with Crippen molar-refractivity contribution in [2.45, 2.75) is 59.4 Å². The predicted octanol–water partition coefficient (Wildman–Crippen LogP) is 4.68. The molecule has 0 radical (unpaired) electrons. The molecule has 1 aromatic heterocycles. The summed E-state index contributed by atoms with van der Waals surface area (Å²) in [5.41, 5.74) is -1.20. The van der Waals surface area contributed by atoms with Gasteiger partial charge in [-0.2, -0.15) is 0 Å². The van der Waals surface area contributed by atoms with Gasteiger partial charge in [-0.1, -0.05) is 12.1 Å². The van der Waals surface area contributed by atoms with Gasteiger partial charge in [0, 0.05) is 45.0 Å². The molecule has 2 heterocycles. The van der Waals surface area contributed by atoms with Crippen LogP contribution in [0.15, 0.2) is 41.3 Å². The Hall–Kier alpha value is -4.15. The van der Waals surface area contributed by atoms with Crippen LogP contribution in [0, 0.1) is 11.6 Å². The van der Waals surface area contributed by atoms with Crippen molar-refractivity contribution in [2.75, 3.05) is 31.6 Å². The number of anilines is 1. The lowest BCUT2D eigenvalue weighted by Gasteiger charge is -2.41. The highest BCUT2D eigenvalue weighted by molar-refractivity contribution is 5.98. The van der Waals surface area contributed by atoms with E-state index in [9.17, 15) is 14.4 Å². The van der Waals surface area contributed by atoms with Crippen LogP contribution >= 0.6 is 0 Å². The number of hydrogen-bond acceptors (Lipinski definition) is 6. The molecule has 0 spiro atoms. The normalized spacial score (nSPS) is 15.7. The number of piperazine rings is 1. The molecule has 1 aliphatic heterocycles. The quantitative estimate of drug-likeness (QED) is 0.463. The van der Waals surface area contributed by atoms with E-state index < -0.39 is 34.7 Å². The van der Waals surface area contributed by atoms with Gasteiger partial charge in [0.2, 0.25) is 5.43 Å². The third kappa shape index (κ3) is 6.28. The summed E-state index contributed by atoms with van der Waals surface area (Å²) in [6.45, 7) is 9.78. The molecule has 11 heteroatoms. The summed E-state index contributed by atoms with van der Waals surface area (Å²) in [5, 5.41) is 2.48. The zero-order chi connectivity index (χ0) is 30.1. The predicted molar refractivity (Wildman–Crippen MR) is 153 cm³/mol. The Morgan fingerprint density at radius 2 is 1.80 bits per heavy atom. The molecule has 220 valence electrons. The van der Waals surface area contributed by atoms with Crippen LogP contribution in [0.4, 0.5) is 19.3 Å². The van der Waals surface area contributed by atoms with Crippen LogP contribution in [0.2, 0.25) is 0 Å². The van der Waals surface area contributed by atoms with Crippen LogP contribution in [0.25, 0.3) is 10.9 Å². The molecule has 0 bridgehead atoms. The van der Waals surface area contributed by atoms with Gasteiger partial charge in [-0.3, -0.25) is 9.59 Å². The highest BCUT2D eigenvalue weighted by Crippen LogP contribution is 2.32. The number of halogens is 2. The number of fused-ring (bicyclic) bond motifs is 1. The number of carbonyl (C=O) groups is 2. The van der Waals surface area contributed by atoms with Crippen molar-refractivity contribution in [1.82, 2.24) is 14.8 Å². The van der Waals surface area contributed by atoms with Crippen LogP contribution < -0.4 is 20.4 Å². The Morgan fingerprint density at radius 3 is 2.39 bits per heavy atom. The topological polar surface area (TPSA) is 93.1 Å². The second-order valence-corrected chi connectivity index (χ2v) is 11.1. The Morgan fingerprint density at radius 1 is 1.12 bits per heavy atom. The molecule has 0 saturated carbocycles. The number of rotatable bonds is 6. The van der Waals surface area contributed by atoms with Gasteiger partial charge < -0.3 is 29.2 Å². The summed E-state index contributed by atoms with van der Waals surface area (Å²) in [5.74, 6) is -1.78. The molecular formula is C30H36F2N4O5. The smallest absolute Gasteiger partial charge is 0.410 e. The van der Waals surface area contributed by atoms with E-state index in [0.29, 0.717) is 5.75 Å². The Labute approximate surface area is 237 Å². The fraction of sp³-hybridized carbons (Fsp3) is 0.433. The Kier molecular flexibility index (Phi) is 8.55. The van der Waals surface area contributed by atoms with E-state index >= 15 is 8.78 Å². The van der Waals surface area contributed by atoms with Crippen molar-refractivity contribution >= 4 is 28.6 Å². The van der Waals surface area contributed by atoms with E-state index in [0.717, 1.165) is 11.6 Å². The molecule has 1 N–H and O–H groups in total. The summed E-state index contributed by atoms with van der Waals surface area (Å²) < 4.78 is 43.6. The van der Waals surface area contributed by atoms with Crippen LogP contribution in [0.3, 0.4) is 0 Å². The minimum Gasteiger partial charge on any atom is -0.497 e. The van der Waals surface area contributed by atoms with Crippen molar-refractivity contribution in [2.24, 2.45) is 0 Å². The molecule has 3 aromatic rings. The van der Waals surface area contributed by atoms with Crippen molar-refractivity contribution in [3.05, 3.63) is 69.5 Å². The minimum absolute atomic E-state index is 0.0807. The summed E-state index contributed by atoms with van der Waals surface area (Å²) in [6, 6.07) is 7.69. The van der Waals surface area contributed by atoms with Gasteiger partial charge in [-0.05, 0) is 58.4 Å². The van der Waals surface area contributed by atoms with Crippen molar-refractivity contribution < 1.29 is 27.8 Å². The molecular weight excluding hydrogens is 534 g/mol. The second kappa shape index (κ2) is 11.8. The zero-order valence-electron chi connectivity index (χ0n) is 24.2. The van der Waals surface area contributed by atoms with Crippen LogP contribution in [0.1, 0.15) is 50.5 Å². The average Bonchev–Trinajstić information content (AvgIpc) is 2.91. The van der Waals surface area contributed by atoms with Crippen LogP contribution in [0.5, 0.6) is 5.75 Å². The number of benzene rings is 2. The fourth-order valence-corrected chi connectivity index (χ4v) is 4.95. The summed E-state index contributed by atoms with van der Waals surface area (Å²) in [7, 11) is 1.55. The van der Waals surface area contributed by atoms with E-state index in [1.807, 2.05) is 0 Å². The monoisotopic (exact) mass is 570 g/mol. The Bertz CT molecular complexity index is 1510. The number of amides is 2. The van der Waals surface area contributed by atoms with E-state index in [-0.39, 0.29) is 60.9 Å². The van der Waals surface area contributed by atoms with Gasteiger partial charge in [0.15, 0.2) is 5.82 Å². The van der Waals surface area contributed by atoms with Crippen molar-refractivity contribution in [1.29, 1.82) is 0 Å². The largest absolute Gasteiger partial charge is 0.497 e. The van der Waals surface area contributed by atoms with E-state index in [1.54, 1.807) is 66.0 Å². The SMILES string of the molecule is CCn1cc(C(=O)NCc2ccc(OC)cc2)c(=O)c2cc(F)c(N3CCN(C(=O)OC(C)(C)C)C(C)C3)c(F)c21. The van der Waals surface area contributed by atoms with Gasteiger partial charge in [0.1, 0.15) is 28.4 Å². The van der Waals surface area contributed by atoms with Gasteiger partial charge in [0.25, 0.3) is 5.91 Å². The number of aryl methyl sites for hydroxylation is 1. The lowest BCUT2D eigenvalue weighted by molar-refractivity contribution is 0.0158. The maximum absolute atomic E-state index is 16.1. The first-order chi connectivity index (χ1) is 19.3. The molecule has 1 saturated heterocycles. The van der Waals surface area contributed by atoms with Gasteiger partial charge in [0.05, 0.1) is 18.0 Å². The highest BCUT2D eigenvalue weighted by Gasteiger charge is 2.34. The lowest BCUT2D eigenvalue weighted by Crippen LogP contribution is -2.55. The first-order valence-corrected chi connectivity index (χ1v) is 13.6. The highest BCUT2D eigenvalue weighted by atomic mass is 19.1. The summed E-state index contributed by atoms with van der Waals surface area (Å²) in [4.78, 5) is 42.0. The third-order valence-electron chi connectivity index (χ3n) is 7.00. The number of aromatic nitrogens is 1. The number of carbonyl (C=O) groups excluding carboxylic acids is 2. The van der Waals surface area contributed by atoms with Crippen LogP contribution in [-0.4, -0.2) is 59.9 Å². The number of nitrogens with zero attached hydrogens (tertiary/aromatic N) is 3. The molecule has 2 amide bonds. The zero-order valence-corrected chi connectivity index (χ0v) is 24.2.